The van der Waals surface area contributed by atoms with Crippen molar-refractivity contribution in [1.82, 2.24) is 10.3 Å². The summed E-state index contributed by atoms with van der Waals surface area (Å²) in [5, 5.41) is 5.28. The van der Waals surface area contributed by atoms with Gasteiger partial charge in [0, 0.05) is 17.5 Å². The average Bonchev–Trinajstić information content (AvgIpc) is 2.31. The van der Waals surface area contributed by atoms with Crippen LogP contribution < -0.4 is 5.32 Å². The molecule has 1 aromatic heterocycles. The SMILES string of the molecule is CNC1CCCCC1Sc1ccccn1. The molecule has 1 heterocycles. The summed E-state index contributed by atoms with van der Waals surface area (Å²) in [5.41, 5.74) is 0. The Balaban J connectivity index is 1.97. The molecule has 2 nitrogen and oxygen atoms in total. The van der Waals surface area contributed by atoms with E-state index in [1.807, 2.05) is 24.0 Å². The number of thioether (sulfide) groups is 1. The highest BCUT2D eigenvalue weighted by atomic mass is 32.2. The molecule has 82 valence electrons. The third kappa shape index (κ3) is 2.95. The standard InChI is InChI=1S/C12H18N2S/c1-13-10-6-2-3-7-11(10)15-12-8-4-5-9-14-12/h4-5,8-11,13H,2-3,6-7H2,1H3. The molecule has 1 aliphatic carbocycles. The first-order valence-electron chi connectivity index (χ1n) is 5.65. The van der Waals surface area contributed by atoms with Gasteiger partial charge < -0.3 is 5.32 Å². The number of nitrogens with zero attached hydrogens (tertiary/aromatic N) is 1. The Morgan fingerprint density at radius 2 is 2.20 bits per heavy atom. The smallest absolute Gasteiger partial charge is 0.0963 e. The van der Waals surface area contributed by atoms with E-state index < -0.39 is 0 Å². The van der Waals surface area contributed by atoms with Gasteiger partial charge in [0.25, 0.3) is 0 Å². The summed E-state index contributed by atoms with van der Waals surface area (Å²) in [6.45, 7) is 0. The van der Waals surface area contributed by atoms with Gasteiger partial charge in [-0.05, 0) is 32.0 Å². The van der Waals surface area contributed by atoms with E-state index in [1.165, 1.54) is 25.7 Å². The largest absolute Gasteiger partial charge is 0.316 e. The molecule has 0 aromatic carbocycles. The van der Waals surface area contributed by atoms with Crippen molar-refractivity contribution >= 4 is 11.8 Å². The fourth-order valence-electron chi connectivity index (χ4n) is 2.14. The van der Waals surface area contributed by atoms with Crippen LogP contribution >= 0.6 is 11.8 Å². The minimum absolute atomic E-state index is 0.658. The Hall–Kier alpha value is -0.540. The lowest BCUT2D eigenvalue weighted by molar-refractivity contribution is 0.405. The van der Waals surface area contributed by atoms with Crippen LogP contribution in [0.15, 0.2) is 29.4 Å². The Morgan fingerprint density at radius 1 is 1.33 bits per heavy atom. The van der Waals surface area contributed by atoms with Crippen LogP contribution in [0.2, 0.25) is 0 Å². The van der Waals surface area contributed by atoms with Gasteiger partial charge in [-0.15, -0.1) is 11.8 Å². The number of hydrogen-bond donors (Lipinski definition) is 1. The van der Waals surface area contributed by atoms with Gasteiger partial charge in [0.2, 0.25) is 0 Å². The van der Waals surface area contributed by atoms with Crippen molar-refractivity contribution < 1.29 is 0 Å². The van der Waals surface area contributed by atoms with Crippen LogP contribution in [-0.2, 0) is 0 Å². The zero-order valence-corrected chi connectivity index (χ0v) is 9.96. The molecule has 0 bridgehead atoms. The fourth-order valence-corrected chi connectivity index (χ4v) is 3.45. The topological polar surface area (TPSA) is 24.9 Å². The normalized spacial score (nSPS) is 26.5. The second-order valence-electron chi connectivity index (χ2n) is 4.00. The van der Waals surface area contributed by atoms with Crippen molar-refractivity contribution in [2.45, 2.75) is 42.0 Å². The molecule has 0 spiro atoms. The van der Waals surface area contributed by atoms with Crippen LogP contribution in [-0.4, -0.2) is 23.3 Å². The molecule has 0 amide bonds. The van der Waals surface area contributed by atoms with Crippen molar-refractivity contribution in [3.05, 3.63) is 24.4 Å². The molecule has 1 N–H and O–H groups in total. The number of pyridine rings is 1. The second kappa shape index (κ2) is 5.52. The molecule has 1 fully saturated rings. The van der Waals surface area contributed by atoms with Crippen molar-refractivity contribution in [2.24, 2.45) is 0 Å². The molecule has 2 unspecified atom stereocenters. The lowest BCUT2D eigenvalue weighted by atomic mass is 9.95. The minimum atomic E-state index is 0.658. The first-order valence-corrected chi connectivity index (χ1v) is 6.53. The highest BCUT2D eigenvalue weighted by Gasteiger charge is 2.24. The van der Waals surface area contributed by atoms with E-state index >= 15 is 0 Å². The van der Waals surface area contributed by atoms with Gasteiger partial charge >= 0.3 is 0 Å². The number of nitrogens with one attached hydrogen (secondary N) is 1. The van der Waals surface area contributed by atoms with E-state index in [0.717, 1.165) is 5.03 Å². The Morgan fingerprint density at radius 3 is 2.93 bits per heavy atom. The lowest BCUT2D eigenvalue weighted by Crippen LogP contribution is -2.38. The molecule has 3 heteroatoms. The van der Waals surface area contributed by atoms with E-state index in [1.54, 1.807) is 0 Å². The number of rotatable bonds is 3. The molecule has 15 heavy (non-hydrogen) atoms. The highest BCUT2D eigenvalue weighted by Crippen LogP contribution is 2.32. The monoisotopic (exact) mass is 222 g/mol. The average molecular weight is 222 g/mol. The van der Waals surface area contributed by atoms with Gasteiger partial charge in [-0.2, -0.15) is 0 Å². The van der Waals surface area contributed by atoms with E-state index in [9.17, 15) is 0 Å². The predicted octanol–water partition coefficient (Wildman–Crippen LogP) is 2.70. The molecular formula is C12H18N2S. The third-order valence-electron chi connectivity index (χ3n) is 2.98. The second-order valence-corrected chi connectivity index (χ2v) is 5.26. The van der Waals surface area contributed by atoms with E-state index in [-0.39, 0.29) is 0 Å². The van der Waals surface area contributed by atoms with Crippen LogP contribution in [0.5, 0.6) is 0 Å². The Bertz CT molecular complexity index is 289. The molecule has 0 radical (unpaired) electrons. The predicted molar refractivity (Wildman–Crippen MR) is 65.2 cm³/mol. The van der Waals surface area contributed by atoms with Gasteiger partial charge in [0.15, 0.2) is 0 Å². The van der Waals surface area contributed by atoms with Gasteiger partial charge in [-0.25, -0.2) is 4.98 Å². The van der Waals surface area contributed by atoms with Crippen LogP contribution in [0.3, 0.4) is 0 Å². The van der Waals surface area contributed by atoms with Crippen LogP contribution in [0, 0.1) is 0 Å². The third-order valence-corrected chi connectivity index (χ3v) is 4.33. The molecular weight excluding hydrogens is 204 g/mol. The van der Waals surface area contributed by atoms with E-state index in [2.05, 4.69) is 29.5 Å². The molecule has 0 aliphatic heterocycles. The van der Waals surface area contributed by atoms with Gasteiger partial charge in [-0.1, -0.05) is 18.9 Å². The van der Waals surface area contributed by atoms with Crippen LogP contribution in [0.1, 0.15) is 25.7 Å². The Kier molecular flexibility index (Phi) is 4.03. The highest BCUT2D eigenvalue weighted by molar-refractivity contribution is 7.99. The molecule has 1 aliphatic rings. The summed E-state index contributed by atoms with van der Waals surface area (Å²) in [6, 6.07) is 6.80. The summed E-state index contributed by atoms with van der Waals surface area (Å²) >= 11 is 1.92. The van der Waals surface area contributed by atoms with Crippen molar-refractivity contribution in [1.29, 1.82) is 0 Å². The van der Waals surface area contributed by atoms with E-state index in [4.69, 9.17) is 0 Å². The quantitative estimate of drug-likeness (QED) is 0.851. The minimum Gasteiger partial charge on any atom is -0.316 e. The molecule has 2 atom stereocenters. The van der Waals surface area contributed by atoms with Gasteiger partial charge in [-0.3, -0.25) is 0 Å². The van der Waals surface area contributed by atoms with Crippen molar-refractivity contribution in [3.63, 3.8) is 0 Å². The summed E-state index contributed by atoms with van der Waals surface area (Å²) in [4.78, 5) is 4.38. The maximum absolute atomic E-state index is 4.38. The Labute approximate surface area is 95.9 Å². The zero-order chi connectivity index (χ0) is 10.5. The number of hydrogen-bond acceptors (Lipinski definition) is 3. The van der Waals surface area contributed by atoms with Crippen molar-refractivity contribution in [2.75, 3.05) is 7.05 Å². The van der Waals surface area contributed by atoms with Crippen LogP contribution in [0.25, 0.3) is 0 Å². The summed E-state index contributed by atoms with van der Waals surface area (Å²) in [6.07, 6.45) is 7.22. The van der Waals surface area contributed by atoms with Crippen molar-refractivity contribution in [3.8, 4) is 0 Å². The maximum Gasteiger partial charge on any atom is 0.0963 e. The zero-order valence-electron chi connectivity index (χ0n) is 9.15. The molecule has 1 aromatic rings. The molecule has 2 rings (SSSR count). The first-order chi connectivity index (χ1) is 7.40. The maximum atomic E-state index is 4.38. The van der Waals surface area contributed by atoms with E-state index in [0.29, 0.717) is 11.3 Å². The fraction of sp³-hybridized carbons (Fsp3) is 0.583. The number of aromatic nitrogens is 1. The summed E-state index contributed by atoms with van der Waals surface area (Å²) < 4.78 is 0. The molecule has 1 saturated carbocycles. The first kappa shape index (κ1) is 11.0. The van der Waals surface area contributed by atoms with Crippen LogP contribution in [0.4, 0.5) is 0 Å². The summed E-state index contributed by atoms with van der Waals surface area (Å²) in [7, 11) is 2.07. The summed E-state index contributed by atoms with van der Waals surface area (Å²) in [5.74, 6) is 0. The lowest BCUT2D eigenvalue weighted by Gasteiger charge is -2.30. The molecule has 0 saturated heterocycles. The van der Waals surface area contributed by atoms with Gasteiger partial charge in [0.05, 0.1) is 5.03 Å². The van der Waals surface area contributed by atoms with Gasteiger partial charge in [0.1, 0.15) is 0 Å².